The normalized spacial score (nSPS) is 14.4. The van der Waals surface area contributed by atoms with Gasteiger partial charge in [-0.15, -0.1) is 0 Å². The molecule has 1 saturated heterocycles. The number of benzene rings is 1. The van der Waals surface area contributed by atoms with Crippen LogP contribution in [0.1, 0.15) is 89.2 Å². The van der Waals surface area contributed by atoms with Gasteiger partial charge < -0.3 is 15.1 Å². The minimum Gasteiger partial charge on any atom is -0.337 e. The Bertz CT molecular complexity index is 1200. The number of carbonyl (C=O) groups excluding carboxylic acids is 1. The van der Waals surface area contributed by atoms with Crippen LogP contribution in [0.2, 0.25) is 0 Å². The quantitative estimate of drug-likeness (QED) is 0.233. The van der Waals surface area contributed by atoms with Crippen LogP contribution in [0.4, 0.5) is 11.6 Å². The molecule has 2 aromatic heterocycles. The summed E-state index contributed by atoms with van der Waals surface area (Å²) in [5.74, 6) is 1.90. The van der Waals surface area contributed by atoms with E-state index < -0.39 is 0 Å². The third kappa shape index (κ3) is 8.29. The van der Waals surface area contributed by atoms with Gasteiger partial charge in [-0.2, -0.15) is 0 Å². The van der Waals surface area contributed by atoms with Crippen LogP contribution in [0.15, 0.2) is 36.4 Å². The lowest BCUT2D eigenvalue weighted by atomic mass is 10.1. The molecule has 1 amide bonds. The van der Waals surface area contributed by atoms with Gasteiger partial charge in [0, 0.05) is 25.3 Å². The van der Waals surface area contributed by atoms with E-state index >= 15 is 0 Å². The summed E-state index contributed by atoms with van der Waals surface area (Å²) in [5, 5.41) is 3.54. The van der Waals surface area contributed by atoms with Gasteiger partial charge in [0.05, 0.1) is 0 Å². The number of piperidine rings is 1. The van der Waals surface area contributed by atoms with E-state index in [0.29, 0.717) is 17.5 Å². The molecule has 1 fully saturated rings. The van der Waals surface area contributed by atoms with Gasteiger partial charge in [0.1, 0.15) is 11.2 Å². The number of imidazole rings is 1. The second kappa shape index (κ2) is 14.6. The number of aryl methyl sites for hydroxylation is 2. The Labute approximate surface area is 241 Å². The summed E-state index contributed by atoms with van der Waals surface area (Å²) in [6, 6.07) is 12.4. The highest BCUT2D eigenvalue weighted by atomic mass is 16.2. The van der Waals surface area contributed by atoms with Crippen LogP contribution in [0.3, 0.4) is 0 Å². The summed E-state index contributed by atoms with van der Waals surface area (Å²) in [4.78, 5) is 28.2. The summed E-state index contributed by atoms with van der Waals surface area (Å²) < 4.78 is 2.18. The van der Waals surface area contributed by atoms with E-state index in [-0.39, 0.29) is 5.91 Å². The van der Waals surface area contributed by atoms with Gasteiger partial charge in [0.15, 0.2) is 5.65 Å². The number of fused-ring (bicyclic) bond motifs is 1. The fraction of sp³-hybridized carbons (Fsp3) is 0.606. The number of amides is 1. The summed E-state index contributed by atoms with van der Waals surface area (Å²) in [5.41, 5.74) is 4.43. The molecule has 0 spiro atoms. The molecular formula is C33H50N6O. The van der Waals surface area contributed by atoms with Crippen molar-refractivity contribution in [3.05, 3.63) is 47.7 Å². The number of nitrogens with zero attached hydrogens (tertiary/aromatic N) is 5. The van der Waals surface area contributed by atoms with Crippen LogP contribution < -0.4 is 5.32 Å². The maximum Gasteiger partial charge on any atom is 0.272 e. The lowest BCUT2D eigenvalue weighted by Gasteiger charge is -2.26. The van der Waals surface area contributed by atoms with Crippen LogP contribution in [0.5, 0.6) is 0 Å². The van der Waals surface area contributed by atoms with Gasteiger partial charge in [-0.25, -0.2) is 9.97 Å². The first-order chi connectivity index (χ1) is 19.3. The fourth-order valence-electron chi connectivity index (χ4n) is 5.32. The van der Waals surface area contributed by atoms with E-state index in [1.54, 1.807) is 0 Å². The molecule has 0 aliphatic carbocycles. The van der Waals surface area contributed by atoms with E-state index in [2.05, 4.69) is 73.7 Å². The summed E-state index contributed by atoms with van der Waals surface area (Å²) in [6.07, 6.45) is 7.96. The highest BCUT2D eigenvalue weighted by Crippen LogP contribution is 2.24. The Morgan fingerprint density at radius 1 is 0.900 bits per heavy atom. The molecule has 0 saturated carbocycles. The molecule has 1 N–H and O–H groups in total. The molecule has 7 heteroatoms. The first-order valence-electron chi connectivity index (χ1n) is 15.6. The Kier molecular flexibility index (Phi) is 11.0. The van der Waals surface area contributed by atoms with Crippen LogP contribution in [-0.2, 0) is 13.0 Å². The number of anilines is 2. The third-order valence-electron chi connectivity index (χ3n) is 7.97. The number of aromatic nitrogens is 3. The standard InChI is InChI=1S/C33H50N6O/c1-6-27-11-13-28(14-12-27)34-33-36-29-15-16-30(32(40)38(23-17-25(2)3)24-18-26(4)5)35-31(29)39(33)22-10-21-37-19-8-7-9-20-37/h11-16,25-26H,6-10,17-24H2,1-5H3,(H,34,36). The average molecular weight is 547 g/mol. The maximum atomic E-state index is 13.7. The zero-order chi connectivity index (χ0) is 28.5. The molecular weight excluding hydrogens is 496 g/mol. The maximum absolute atomic E-state index is 13.7. The summed E-state index contributed by atoms with van der Waals surface area (Å²) in [6.45, 7) is 16.8. The second-order valence-electron chi connectivity index (χ2n) is 12.2. The van der Waals surface area contributed by atoms with Crippen molar-refractivity contribution in [2.45, 2.75) is 86.1 Å². The molecule has 7 nitrogen and oxygen atoms in total. The van der Waals surface area contributed by atoms with Crippen LogP contribution in [-0.4, -0.2) is 63.0 Å². The number of rotatable bonds is 14. The predicted molar refractivity (Wildman–Crippen MR) is 166 cm³/mol. The van der Waals surface area contributed by atoms with Gasteiger partial charge >= 0.3 is 0 Å². The lowest BCUT2D eigenvalue weighted by molar-refractivity contribution is 0.0735. The molecule has 0 atom stereocenters. The number of hydrogen-bond acceptors (Lipinski definition) is 5. The zero-order valence-corrected chi connectivity index (χ0v) is 25.5. The monoisotopic (exact) mass is 546 g/mol. The number of pyridine rings is 1. The Balaban J connectivity index is 1.61. The largest absolute Gasteiger partial charge is 0.337 e. The molecule has 0 bridgehead atoms. The predicted octanol–water partition coefficient (Wildman–Crippen LogP) is 7.15. The van der Waals surface area contributed by atoms with E-state index in [4.69, 9.17) is 9.97 Å². The van der Waals surface area contributed by atoms with Crippen molar-refractivity contribution in [1.29, 1.82) is 0 Å². The van der Waals surface area contributed by atoms with Gasteiger partial charge in [-0.1, -0.05) is 53.2 Å². The highest BCUT2D eigenvalue weighted by Gasteiger charge is 2.21. The van der Waals surface area contributed by atoms with E-state index in [1.807, 2.05) is 17.0 Å². The molecule has 0 radical (unpaired) electrons. The molecule has 0 unspecified atom stereocenters. The number of carbonyl (C=O) groups is 1. The van der Waals surface area contributed by atoms with Crippen LogP contribution >= 0.6 is 0 Å². The molecule has 1 aliphatic heterocycles. The Morgan fingerprint density at radius 2 is 1.57 bits per heavy atom. The van der Waals surface area contributed by atoms with Crippen LogP contribution in [0.25, 0.3) is 11.2 Å². The van der Waals surface area contributed by atoms with Gasteiger partial charge in [0.25, 0.3) is 5.91 Å². The van der Waals surface area contributed by atoms with Crippen molar-refractivity contribution in [2.24, 2.45) is 11.8 Å². The molecule has 218 valence electrons. The zero-order valence-electron chi connectivity index (χ0n) is 25.5. The summed E-state index contributed by atoms with van der Waals surface area (Å²) in [7, 11) is 0. The molecule has 1 aromatic carbocycles. The smallest absolute Gasteiger partial charge is 0.272 e. The van der Waals surface area contributed by atoms with Crippen molar-refractivity contribution in [3.8, 4) is 0 Å². The van der Waals surface area contributed by atoms with Crippen molar-refractivity contribution in [1.82, 2.24) is 24.3 Å². The lowest BCUT2D eigenvalue weighted by Crippen LogP contribution is -2.34. The van der Waals surface area contributed by atoms with Gasteiger partial charge in [-0.05, 0) is 99.8 Å². The van der Waals surface area contributed by atoms with Gasteiger partial charge in [-0.3, -0.25) is 9.36 Å². The van der Waals surface area contributed by atoms with Crippen molar-refractivity contribution in [3.63, 3.8) is 0 Å². The molecule has 3 heterocycles. The second-order valence-corrected chi connectivity index (χ2v) is 12.2. The minimum atomic E-state index is 0.0222. The minimum absolute atomic E-state index is 0.0222. The third-order valence-corrected chi connectivity index (χ3v) is 7.97. The van der Waals surface area contributed by atoms with Crippen molar-refractivity contribution >= 4 is 28.7 Å². The molecule has 1 aliphatic rings. The van der Waals surface area contributed by atoms with Gasteiger partial charge in [0.2, 0.25) is 5.95 Å². The Morgan fingerprint density at radius 3 is 2.20 bits per heavy atom. The SMILES string of the molecule is CCc1ccc(Nc2nc3ccc(C(=O)N(CCC(C)C)CCC(C)C)nc3n2CCCN2CCCCC2)cc1. The van der Waals surface area contributed by atoms with Crippen LogP contribution in [0, 0.1) is 11.8 Å². The topological polar surface area (TPSA) is 66.3 Å². The molecule has 40 heavy (non-hydrogen) atoms. The van der Waals surface area contributed by atoms with E-state index in [9.17, 15) is 4.79 Å². The number of hydrogen-bond donors (Lipinski definition) is 1. The first kappa shape index (κ1) is 30.0. The van der Waals surface area contributed by atoms with E-state index in [1.165, 1.54) is 37.9 Å². The number of nitrogens with one attached hydrogen (secondary N) is 1. The average Bonchev–Trinajstić information content (AvgIpc) is 3.29. The number of likely N-dealkylation sites (tertiary alicyclic amines) is 1. The first-order valence-corrected chi connectivity index (χ1v) is 15.6. The van der Waals surface area contributed by atoms with E-state index in [0.717, 1.165) is 74.7 Å². The highest BCUT2D eigenvalue weighted by molar-refractivity contribution is 5.94. The molecule has 3 aromatic rings. The Hall–Kier alpha value is -2.93. The van der Waals surface area contributed by atoms with Crippen molar-refractivity contribution < 1.29 is 4.79 Å². The summed E-state index contributed by atoms with van der Waals surface area (Å²) >= 11 is 0. The van der Waals surface area contributed by atoms with Crippen molar-refractivity contribution in [2.75, 3.05) is 38.0 Å². The molecule has 4 rings (SSSR count). The fourth-order valence-corrected chi connectivity index (χ4v) is 5.32.